The number of rotatable bonds is 11. The van der Waals surface area contributed by atoms with E-state index in [2.05, 4.69) is 41.0 Å². The highest BCUT2D eigenvalue weighted by atomic mass is 16.5. The van der Waals surface area contributed by atoms with Crippen molar-refractivity contribution in [2.75, 3.05) is 59.7 Å². The molecule has 0 bridgehead atoms. The zero-order chi connectivity index (χ0) is 21.2. The third-order valence-corrected chi connectivity index (χ3v) is 5.30. The second kappa shape index (κ2) is 11.9. The van der Waals surface area contributed by atoms with Gasteiger partial charge in [-0.1, -0.05) is 29.8 Å². The van der Waals surface area contributed by atoms with Crippen LogP contribution < -0.4 is 9.47 Å². The van der Waals surface area contributed by atoms with Crippen LogP contribution in [0.2, 0.25) is 0 Å². The lowest BCUT2D eigenvalue weighted by atomic mass is 10.1. The van der Waals surface area contributed by atoms with Crippen molar-refractivity contribution in [1.29, 1.82) is 0 Å². The van der Waals surface area contributed by atoms with Crippen molar-refractivity contribution in [3.63, 3.8) is 0 Å². The summed E-state index contributed by atoms with van der Waals surface area (Å²) < 4.78 is 16.4. The van der Waals surface area contributed by atoms with Gasteiger partial charge in [-0.15, -0.1) is 0 Å². The van der Waals surface area contributed by atoms with E-state index >= 15 is 0 Å². The quantitative estimate of drug-likeness (QED) is 0.610. The number of morpholine rings is 1. The predicted molar refractivity (Wildman–Crippen MR) is 118 cm³/mol. The van der Waals surface area contributed by atoms with E-state index in [1.54, 1.807) is 7.11 Å². The summed E-state index contributed by atoms with van der Waals surface area (Å²) in [5.74, 6) is 1.52. The number of aliphatic hydroxyl groups excluding tert-OH is 1. The molecule has 1 atom stereocenters. The van der Waals surface area contributed by atoms with E-state index in [0.29, 0.717) is 6.54 Å². The molecule has 0 saturated carbocycles. The van der Waals surface area contributed by atoms with Gasteiger partial charge < -0.3 is 19.3 Å². The van der Waals surface area contributed by atoms with Gasteiger partial charge in [-0.25, -0.2) is 0 Å². The van der Waals surface area contributed by atoms with Crippen molar-refractivity contribution in [2.24, 2.45) is 0 Å². The van der Waals surface area contributed by atoms with Crippen molar-refractivity contribution in [2.45, 2.75) is 19.6 Å². The van der Waals surface area contributed by atoms with Crippen molar-refractivity contribution >= 4 is 0 Å². The van der Waals surface area contributed by atoms with Gasteiger partial charge in [-0.2, -0.15) is 0 Å². The molecule has 0 radical (unpaired) electrons. The third-order valence-electron chi connectivity index (χ3n) is 5.30. The van der Waals surface area contributed by atoms with Crippen LogP contribution in [0, 0.1) is 6.92 Å². The third kappa shape index (κ3) is 7.61. The summed E-state index contributed by atoms with van der Waals surface area (Å²) in [6.07, 6.45) is -0.568. The van der Waals surface area contributed by atoms with E-state index < -0.39 is 6.10 Å². The Balaban J connectivity index is 1.53. The summed E-state index contributed by atoms with van der Waals surface area (Å²) in [7, 11) is 1.64. The molecule has 1 saturated heterocycles. The molecule has 30 heavy (non-hydrogen) atoms. The Kier molecular flexibility index (Phi) is 8.96. The molecule has 0 spiro atoms. The van der Waals surface area contributed by atoms with E-state index in [1.165, 1.54) is 11.1 Å². The molecule has 1 heterocycles. The number of hydrogen-bond acceptors (Lipinski definition) is 6. The van der Waals surface area contributed by atoms with Gasteiger partial charge in [0.1, 0.15) is 24.2 Å². The maximum absolute atomic E-state index is 10.6. The zero-order valence-electron chi connectivity index (χ0n) is 18.1. The molecule has 164 valence electrons. The van der Waals surface area contributed by atoms with Gasteiger partial charge in [0.05, 0.1) is 20.3 Å². The average Bonchev–Trinajstić information content (AvgIpc) is 2.77. The summed E-state index contributed by atoms with van der Waals surface area (Å²) in [5.41, 5.74) is 2.52. The maximum Gasteiger partial charge on any atom is 0.119 e. The minimum atomic E-state index is -0.568. The first-order chi connectivity index (χ1) is 14.6. The predicted octanol–water partition coefficient (Wildman–Crippen LogP) is 2.58. The molecule has 0 aliphatic carbocycles. The first-order valence-electron chi connectivity index (χ1n) is 10.7. The van der Waals surface area contributed by atoms with E-state index in [-0.39, 0.29) is 6.61 Å². The molecule has 0 aromatic heterocycles. The number of aliphatic hydroxyl groups is 1. The lowest BCUT2D eigenvalue weighted by Gasteiger charge is -2.31. The normalized spacial score (nSPS) is 15.9. The molecule has 1 aliphatic heterocycles. The fourth-order valence-electron chi connectivity index (χ4n) is 3.63. The van der Waals surface area contributed by atoms with Crippen LogP contribution >= 0.6 is 0 Å². The number of benzene rings is 2. The van der Waals surface area contributed by atoms with Crippen molar-refractivity contribution in [3.8, 4) is 11.5 Å². The van der Waals surface area contributed by atoms with Crippen molar-refractivity contribution in [3.05, 3.63) is 59.7 Å². The Hall–Kier alpha value is -2.12. The molecule has 0 amide bonds. The lowest BCUT2D eigenvalue weighted by molar-refractivity contribution is 0.0256. The van der Waals surface area contributed by atoms with E-state index in [4.69, 9.17) is 14.2 Å². The summed E-state index contributed by atoms with van der Waals surface area (Å²) in [6, 6.07) is 16.0. The summed E-state index contributed by atoms with van der Waals surface area (Å²) in [6.45, 7) is 9.16. The van der Waals surface area contributed by atoms with E-state index in [9.17, 15) is 5.11 Å². The summed E-state index contributed by atoms with van der Waals surface area (Å²) in [4.78, 5) is 4.74. The molecular formula is C24H34N2O4. The summed E-state index contributed by atoms with van der Waals surface area (Å²) in [5, 5.41) is 10.6. The summed E-state index contributed by atoms with van der Waals surface area (Å²) >= 11 is 0. The SMILES string of the molecule is COc1ccc(OC[C@H](O)CN(CCN2CCOCC2)Cc2cccc(C)c2)cc1. The first kappa shape index (κ1) is 22.6. The van der Waals surface area contributed by atoms with E-state index in [1.807, 2.05) is 24.3 Å². The zero-order valence-corrected chi connectivity index (χ0v) is 18.1. The van der Waals surface area contributed by atoms with Gasteiger partial charge >= 0.3 is 0 Å². The van der Waals surface area contributed by atoms with Crippen LogP contribution in [0.25, 0.3) is 0 Å². The van der Waals surface area contributed by atoms with Crippen molar-refractivity contribution in [1.82, 2.24) is 9.80 Å². The molecular weight excluding hydrogens is 380 g/mol. The Morgan fingerprint density at radius 2 is 1.83 bits per heavy atom. The Morgan fingerprint density at radius 3 is 2.53 bits per heavy atom. The first-order valence-corrected chi connectivity index (χ1v) is 10.7. The minimum absolute atomic E-state index is 0.258. The topological polar surface area (TPSA) is 54.4 Å². The number of ether oxygens (including phenoxy) is 3. The van der Waals surface area contributed by atoms with Gasteiger partial charge in [0.2, 0.25) is 0 Å². The van der Waals surface area contributed by atoms with E-state index in [0.717, 1.165) is 57.4 Å². The van der Waals surface area contributed by atoms with Crippen LogP contribution in [-0.4, -0.2) is 80.7 Å². The molecule has 2 aromatic carbocycles. The number of aryl methyl sites for hydroxylation is 1. The maximum atomic E-state index is 10.6. The Morgan fingerprint density at radius 1 is 1.10 bits per heavy atom. The molecule has 1 fully saturated rings. The molecule has 0 unspecified atom stereocenters. The highest BCUT2D eigenvalue weighted by Gasteiger charge is 2.16. The van der Waals surface area contributed by atoms with Gasteiger partial charge in [0.15, 0.2) is 0 Å². The molecule has 2 aromatic rings. The van der Waals surface area contributed by atoms with Crippen LogP contribution in [0.4, 0.5) is 0 Å². The second-order valence-electron chi connectivity index (χ2n) is 7.82. The molecule has 1 aliphatic rings. The standard InChI is InChI=1S/C24H34N2O4/c1-20-4-3-5-21(16-20)17-26(11-10-25-12-14-29-15-13-25)18-22(27)19-30-24-8-6-23(28-2)7-9-24/h3-9,16,22,27H,10-15,17-19H2,1-2H3/t22-/m1/s1. The number of methoxy groups -OCH3 is 1. The monoisotopic (exact) mass is 414 g/mol. The Labute approximate surface area is 180 Å². The smallest absolute Gasteiger partial charge is 0.119 e. The number of hydrogen-bond donors (Lipinski definition) is 1. The van der Waals surface area contributed by atoms with Gasteiger partial charge in [0.25, 0.3) is 0 Å². The Bertz CT molecular complexity index is 747. The average molecular weight is 415 g/mol. The van der Waals surface area contributed by atoms with Crippen LogP contribution in [0.5, 0.6) is 11.5 Å². The van der Waals surface area contributed by atoms with Gasteiger partial charge in [-0.3, -0.25) is 9.80 Å². The molecule has 6 nitrogen and oxygen atoms in total. The molecule has 3 rings (SSSR count). The van der Waals surface area contributed by atoms with Crippen LogP contribution in [-0.2, 0) is 11.3 Å². The van der Waals surface area contributed by atoms with Gasteiger partial charge in [0, 0.05) is 39.3 Å². The largest absolute Gasteiger partial charge is 0.497 e. The highest BCUT2D eigenvalue weighted by molar-refractivity contribution is 5.31. The van der Waals surface area contributed by atoms with Crippen molar-refractivity contribution < 1.29 is 19.3 Å². The minimum Gasteiger partial charge on any atom is -0.497 e. The molecule has 6 heteroatoms. The fraction of sp³-hybridized carbons (Fsp3) is 0.500. The van der Waals surface area contributed by atoms with Crippen LogP contribution in [0.3, 0.4) is 0 Å². The van der Waals surface area contributed by atoms with Gasteiger partial charge in [-0.05, 0) is 36.8 Å². The fourth-order valence-corrected chi connectivity index (χ4v) is 3.63. The second-order valence-corrected chi connectivity index (χ2v) is 7.82. The highest BCUT2D eigenvalue weighted by Crippen LogP contribution is 2.17. The molecule has 1 N–H and O–H groups in total. The number of nitrogens with zero attached hydrogens (tertiary/aromatic N) is 2. The van der Waals surface area contributed by atoms with Crippen LogP contribution in [0.15, 0.2) is 48.5 Å². The lowest BCUT2D eigenvalue weighted by Crippen LogP contribution is -2.43. The van der Waals surface area contributed by atoms with Crippen LogP contribution in [0.1, 0.15) is 11.1 Å².